The molecule has 17 heavy (non-hydrogen) atoms. The fraction of sp³-hybridized carbons (Fsp3) is 0.667. The van der Waals surface area contributed by atoms with Gasteiger partial charge < -0.3 is 5.73 Å². The Morgan fingerprint density at radius 3 is 2.47 bits per heavy atom. The van der Waals surface area contributed by atoms with E-state index >= 15 is 0 Å². The van der Waals surface area contributed by atoms with Gasteiger partial charge in [0.25, 0.3) is 0 Å². The maximum absolute atomic E-state index is 5.94. The van der Waals surface area contributed by atoms with Gasteiger partial charge in [-0.3, -0.25) is 5.10 Å². The van der Waals surface area contributed by atoms with Crippen molar-refractivity contribution in [3.8, 4) is 0 Å². The van der Waals surface area contributed by atoms with Crippen molar-refractivity contribution >= 4 is 16.9 Å². The summed E-state index contributed by atoms with van der Waals surface area (Å²) in [6.07, 6.45) is 2.11. The molecule has 94 valence electrons. The molecular weight excluding hydrogens is 214 g/mol. The first kappa shape index (κ1) is 12.0. The van der Waals surface area contributed by atoms with Crippen LogP contribution in [-0.4, -0.2) is 20.0 Å². The number of nitrogens with zero attached hydrogens (tertiary/aromatic N) is 3. The smallest absolute Gasteiger partial charge is 0.182 e. The Balaban J connectivity index is 2.65. The second kappa shape index (κ2) is 4.39. The molecule has 0 bridgehead atoms. The Bertz CT molecular complexity index is 504. The van der Waals surface area contributed by atoms with Crippen LogP contribution < -0.4 is 5.73 Å². The van der Waals surface area contributed by atoms with Gasteiger partial charge in [-0.1, -0.05) is 27.7 Å². The van der Waals surface area contributed by atoms with Gasteiger partial charge in [-0.15, -0.1) is 0 Å². The number of anilines is 1. The molecule has 2 aromatic heterocycles. The van der Waals surface area contributed by atoms with E-state index in [4.69, 9.17) is 10.8 Å². The third-order valence-electron chi connectivity index (χ3n) is 3.30. The Morgan fingerprint density at radius 1 is 1.29 bits per heavy atom. The van der Waals surface area contributed by atoms with E-state index in [1.54, 1.807) is 0 Å². The lowest BCUT2D eigenvalue weighted by Crippen LogP contribution is -2.09. The number of aromatic nitrogens is 4. The summed E-state index contributed by atoms with van der Waals surface area (Å²) in [5.41, 5.74) is 7.87. The number of rotatable bonds is 4. The molecule has 0 amide bonds. The number of hydrogen-bond donors (Lipinski definition) is 2. The number of nitrogen functional groups attached to an aromatic ring is 1. The highest BCUT2D eigenvalue weighted by Crippen LogP contribution is 2.30. The predicted molar refractivity (Wildman–Crippen MR) is 70.0 cm³/mol. The van der Waals surface area contributed by atoms with Crippen molar-refractivity contribution in [1.29, 1.82) is 0 Å². The second-order valence-electron chi connectivity index (χ2n) is 4.79. The van der Waals surface area contributed by atoms with Crippen LogP contribution >= 0.6 is 0 Å². The molecular formula is C12H21N5. The van der Waals surface area contributed by atoms with Crippen molar-refractivity contribution in [3.63, 3.8) is 0 Å². The average molecular weight is 235 g/mol. The summed E-state index contributed by atoms with van der Waals surface area (Å²) in [6.45, 7) is 8.61. The number of nitrogens with one attached hydrogen (secondary N) is 1. The van der Waals surface area contributed by atoms with Crippen LogP contribution in [0.2, 0.25) is 0 Å². The van der Waals surface area contributed by atoms with Crippen LogP contribution in [-0.2, 0) is 0 Å². The zero-order valence-corrected chi connectivity index (χ0v) is 11.0. The molecule has 0 aliphatic heterocycles. The van der Waals surface area contributed by atoms with E-state index in [1.165, 1.54) is 0 Å². The molecule has 0 saturated heterocycles. The fourth-order valence-electron chi connectivity index (χ4n) is 2.27. The summed E-state index contributed by atoms with van der Waals surface area (Å²) in [7, 11) is 0. The van der Waals surface area contributed by atoms with Crippen molar-refractivity contribution in [2.75, 3.05) is 5.73 Å². The first-order valence-corrected chi connectivity index (χ1v) is 6.32. The van der Waals surface area contributed by atoms with Crippen molar-refractivity contribution < 1.29 is 0 Å². The molecule has 5 nitrogen and oxygen atoms in total. The molecule has 5 heteroatoms. The molecule has 0 aliphatic rings. The summed E-state index contributed by atoms with van der Waals surface area (Å²) in [4.78, 5) is 0. The van der Waals surface area contributed by atoms with Gasteiger partial charge >= 0.3 is 0 Å². The first-order chi connectivity index (χ1) is 8.10. The van der Waals surface area contributed by atoms with Crippen LogP contribution in [0.15, 0.2) is 0 Å². The quantitative estimate of drug-likeness (QED) is 0.855. The number of fused-ring (bicyclic) bond motifs is 1. The van der Waals surface area contributed by atoms with Crippen LogP contribution in [0.3, 0.4) is 0 Å². The summed E-state index contributed by atoms with van der Waals surface area (Å²) < 4.78 is 2.03. The van der Waals surface area contributed by atoms with E-state index in [0.29, 0.717) is 17.8 Å². The lowest BCUT2D eigenvalue weighted by molar-refractivity contribution is 0.433. The van der Waals surface area contributed by atoms with Gasteiger partial charge in [0.05, 0.1) is 17.1 Å². The van der Waals surface area contributed by atoms with E-state index < -0.39 is 0 Å². The largest absolute Gasteiger partial charge is 0.383 e. The van der Waals surface area contributed by atoms with E-state index in [2.05, 4.69) is 37.9 Å². The molecule has 0 aliphatic carbocycles. The SMILES string of the molecule is CCC(CC)n1nc(C(C)C)c2c(N)[nH]nc21. The van der Waals surface area contributed by atoms with Gasteiger partial charge in [-0.2, -0.15) is 10.2 Å². The maximum atomic E-state index is 5.94. The van der Waals surface area contributed by atoms with Crippen LogP contribution in [0.4, 0.5) is 5.82 Å². The Kier molecular flexibility index (Phi) is 3.09. The van der Waals surface area contributed by atoms with E-state index in [9.17, 15) is 0 Å². The molecule has 2 heterocycles. The highest BCUT2D eigenvalue weighted by molar-refractivity contribution is 5.89. The minimum atomic E-state index is 0.355. The van der Waals surface area contributed by atoms with Crippen LogP contribution in [0, 0.1) is 0 Å². The highest BCUT2D eigenvalue weighted by Gasteiger charge is 2.21. The van der Waals surface area contributed by atoms with Gasteiger partial charge in [-0.25, -0.2) is 4.68 Å². The Morgan fingerprint density at radius 2 is 1.94 bits per heavy atom. The summed E-state index contributed by atoms with van der Waals surface area (Å²) in [6, 6.07) is 0.396. The van der Waals surface area contributed by atoms with Crippen LogP contribution in [0.1, 0.15) is 58.2 Å². The predicted octanol–water partition coefficient (Wildman–Crippen LogP) is 2.83. The molecule has 0 spiro atoms. The van der Waals surface area contributed by atoms with Crippen molar-refractivity contribution in [3.05, 3.63) is 5.69 Å². The molecule has 0 fully saturated rings. The van der Waals surface area contributed by atoms with Crippen LogP contribution in [0.25, 0.3) is 11.0 Å². The highest BCUT2D eigenvalue weighted by atomic mass is 15.4. The minimum absolute atomic E-state index is 0.355. The van der Waals surface area contributed by atoms with E-state index in [1.807, 2.05) is 4.68 Å². The zero-order valence-electron chi connectivity index (χ0n) is 11.0. The molecule has 0 unspecified atom stereocenters. The number of H-pyrrole nitrogens is 1. The molecule has 0 radical (unpaired) electrons. The lowest BCUT2D eigenvalue weighted by atomic mass is 10.1. The topological polar surface area (TPSA) is 72.5 Å². The van der Waals surface area contributed by atoms with Crippen molar-refractivity contribution in [1.82, 2.24) is 20.0 Å². The normalized spacial score (nSPS) is 12.1. The fourth-order valence-corrected chi connectivity index (χ4v) is 2.27. The maximum Gasteiger partial charge on any atom is 0.182 e. The van der Waals surface area contributed by atoms with E-state index in [-0.39, 0.29) is 0 Å². The zero-order chi connectivity index (χ0) is 12.6. The monoisotopic (exact) mass is 235 g/mol. The third kappa shape index (κ3) is 1.79. The van der Waals surface area contributed by atoms with Crippen LogP contribution in [0.5, 0.6) is 0 Å². The number of hydrogen-bond acceptors (Lipinski definition) is 3. The lowest BCUT2D eigenvalue weighted by Gasteiger charge is -2.13. The van der Waals surface area contributed by atoms with Crippen molar-refractivity contribution in [2.24, 2.45) is 0 Å². The molecule has 2 aromatic rings. The minimum Gasteiger partial charge on any atom is -0.383 e. The standard InChI is InChI=1S/C12H21N5/c1-5-8(6-2)17-12-9(11(13)14-15-12)10(16-17)7(3)4/h7-8H,5-6H2,1-4H3,(H3,13,14,15). The Hall–Kier alpha value is -1.52. The van der Waals surface area contributed by atoms with Gasteiger partial charge in [0.15, 0.2) is 5.65 Å². The van der Waals surface area contributed by atoms with Gasteiger partial charge in [-0.05, 0) is 18.8 Å². The number of nitrogens with two attached hydrogens (primary N) is 1. The third-order valence-corrected chi connectivity index (χ3v) is 3.30. The second-order valence-corrected chi connectivity index (χ2v) is 4.79. The Labute approximate surface area is 101 Å². The average Bonchev–Trinajstić information content (AvgIpc) is 2.83. The van der Waals surface area contributed by atoms with Crippen molar-refractivity contribution in [2.45, 2.75) is 52.5 Å². The first-order valence-electron chi connectivity index (χ1n) is 6.32. The summed E-state index contributed by atoms with van der Waals surface area (Å²) in [5.74, 6) is 0.980. The van der Waals surface area contributed by atoms with Gasteiger partial charge in [0.2, 0.25) is 0 Å². The van der Waals surface area contributed by atoms with E-state index in [0.717, 1.165) is 29.6 Å². The molecule has 0 atom stereocenters. The summed E-state index contributed by atoms with van der Waals surface area (Å²) in [5, 5.41) is 12.8. The van der Waals surface area contributed by atoms with Gasteiger partial charge in [0, 0.05) is 0 Å². The number of aromatic amines is 1. The molecule has 0 saturated carbocycles. The summed E-state index contributed by atoms with van der Waals surface area (Å²) >= 11 is 0. The van der Waals surface area contributed by atoms with Gasteiger partial charge in [0.1, 0.15) is 5.82 Å². The molecule has 0 aromatic carbocycles. The molecule has 3 N–H and O–H groups in total. The molecule has 2 rings (SSSR count).